The van der Waals surface area contributed by atoms with Gasteiger partial charge in [0.25, 0.3) is 0 Å². The topological polar surface area (TPSA) is 12.5 Å². The Labute approximate surface area is 127 Å². The maximum atomic E-state index is 5.69. The van der Waals surface area contributed by atoms with Crippen molar-refractivity contribution in [2.45, 2.75) is 18.9 Å². The van der Waals surface area contributed by atoms with Crippen LogP contribution < -0.4 is 0 Å². The van der Waals surface area contributed by atoms with Gasteiger partial charge in [-0.25, -0.2) is 0 Å². The van der Waals surface area contributed by atoms with Gasteiger partial charge in [0.05, 0.1) is 13.2 Å². The normalized spacial score (nSPS) is 19.5. The average Bonchev–Trinajstić information content (AvgIpc) is 2.56. The van der Waals surface area contributed by atoms with Crippen molar-refractivity contribution >= 4 is 0 Å². The number of rotatable bonds is 5. The van der Waals surface area contributed by atoms with Crippen LogP contribution in [0.15, 0.2) is 60.7 Å². The Balaban J connectivity index is 1.59. The standard InChI is InChI=1S/C19H23NO/c1-3-7-17(8-4-1)11-12-20-13-14-21-16-19(20)15-18-9-5-2-6-10-18/h1-10,19H,11-16H2. The molecule has 1 unspecified atom stereocenters. The number of benzene rings is 2. The van der Waals surface area contributed by atoms with Crippen LogP contribution in [0.1, 0.15) is 11.1 Å². The zero-order valence-electron chi connectivity index (χ0n) is 12.4. The van der Waals surface area contributed by atoms with Gasteiger partial charge in [-0.15, -0.1) is 0 Å². The molecule has 2 aromatic rings. The van der Waals surface area contributed by atoms with Crippen LogP contribution in [0.5, 0.6) is 0 Å². The van der Waals surface area contributed by atoms with E-state index in [0.29, 0.717) is 6.04 Å². The Kier molecular flexibility index (Phi) is 5.03. The molecule has 0 aromatic heterocycles. The van der Waals surface area contributed by atoms with Gasteiger partial charge < -0.3 is 4.74 Å². The molecule has 1 aliphatic rings. The van der Waals surface area contributed by atoms with Crippen LogP contribution in [0.25, 0.3) is 0 Å². The minimum absolute atomic E-state index is 0.505. The first-order valence-electron chi connectivity index (χ1n) is 7.81. The van der Waals surface area contributed by atoms with Gasteiger partial charge in [0.2, 0.25) is 0 Å². The van der Waals surface area contributed by atoms with E-state index in [1.807, 2.05) is 0 Å². The van der Waals surface area contributed by atoms with Gasteiger partial charge in [0.15, 0.2) is 0 Å². The zero-order valence-corrected chi connectivity index (χ0v) is 12.4. The van der Waals surface area contributed by atoms with E-state index >= 15 is 0 Å². The molecule has 0 radical (unpaired) electrons. The van der Waals surface area contributed by atoms with Crippen molar-refractivity contribution in [1.82, 2.24) is 4.90 Å². The molecule has 0 saturated carbocycles. The van der Waals surface area contributed by atoms with Gasteiger partial charge in [-0.05, 0) is 24.0 Å². The minimum Gasteiger partial charge on any atom is -0.378 e. The summed E-state index contributed by atoms with van der Waals surface area (Å²) < 4.78 is 5.69. The molecule has 1 aliphatic heterocycles. The summed E-state index contributed by atoms with van der Waals surface area (Å²) in [6, 6.07) is 22.0. The molecule has 1 atom stereocenters. The van der Waals surface area contributed by atoms with Crippen molar-refractivity contribution in [3.63, 3.8) is 0 Å². The van der Waals surface area contributed by atoms with Crippen molar-refractivity contribution in [2.24, 2.45) is 0 Å². The summed E-state index contributed by atoms with van der Waals surface area (Å²) >= 11 is 0. The summed E-state index contributed by atoms with van der Waals surface area (Å²) in [5.74, 6) is 0. The molecule has 110 valence electrons. The summed E-state index contributed by atoms with van der Waals surface area (Å²) in [5, 5.41) is 0. The largest absolute Gasteiger partial charge is 0.378 e. The fourth-order valence-corrected chi connectivity index (χ4v) is 2.98. The third-order valence-electron chi connectivity index (χ3n) is 4.19. The second-order valence-electron chi connectivity index (χ2n) is 5.69. The van der Waals surface area contributed by atoms with E-state index in [0.717, 1.165) is 39.1 Å². The highest BCUT2D eigenvalue weighted by Crippen LogP contribution is 2.14. The Morgan fingerprint density at radius 1 is 0.905 bits per heavy atom. The lowest BCUT2D eigenvalue weighted by molar-refractivity contribution is -0.00646. The quantitative estimate of drug-likeness (QED) is 0.834. The molecule has 2 nitrogen and oxygen atoms in total. The molecule has 21 heavy (non-hydrogen) atoms. The molecule has 0 spiro atoms. The molecule has 1 fully saturated rings. The van der Waals surface area contributed by atoms with Crippen LogP contribution in [-0.4, -0.2) is 37.2 Å². The summed E-state index contributed by atoms with van der Waals surface area (Å²) in [6.07, 6.45) is 2.20. The Morgan fingerprint density at radius 2 is 1.57 bits per heavy atom. The summed E-state index contributed by atoms with van der Waals surface area (Å²) in [7, 11) is 0. The number of ether oxygens (including phenoxy) is 1. The molecular formula is C19H23NO. The van der Waals surface area contributed by atoms with E-state index in [4.69, 9.17) is 4.74 Å². The zero-order chi connectivity index (χ0) is 14.3. The summed E-state index contributed by atoms with van der Waals surface area (Å²) in [5.41, 5.74) is 2.82. The smallest absolute Gasteiger partial charge is 0.0625 e. The van der Waals surface area contributed by atoms with Crippen molar-refractivity contribution in [3.05, 3.63) is 71.8 Å². The van der Waals surface area contributed by atoms with Crippen LogP contribution >= 0.6 is 0 Å². The Morgan fingerprint density at radius 3 is 2.29 bits per heavy atom. The van der Waals surface area contributed by atoms with Gasteiger partial charge in [-0.3, -0.25) is 4.90 Å². The van der Waals surface area contributed by atoms with Crippen LogP contribution in [0.2, 0.25) is 0 Å². The van der Waals surface area contributed by atoms with Crippen LogP contribution in [0, 0.1) is 0 Å². The van der Waals surface area contributed by atoms with Gasteiger partial charge in [-0.2, -0.15) is 0 Å². The fraction of sp³-hybridized carbons (Fsp3) is 0.368. The third-order valence-corrected chi connectivity index (χ3v) is 4.19. The monoisotopic (exact) mass is 281 g/mol. The van der Waals surface area contributed by atoms with E-state index < -0.39 is 0 Å². The lowest BCUT2D eigenvalue weighted by atomic mass is 10.0. The van der Waals surface area contributed by atoms with E-state index in [9.17, 15) is 0 Å². The Bertz CT molecular complexity index is 526. The molecule has 2 heteroatoms. The molecule has 0 bridgehead atoms. The molecule has 0 N–H and O–H groups in total. The molecule has 2 aromatic carbocycles. The van der Waals surface area contributed by atoms with E-state index in [1.165, 1.54) is 11.1 Å². The van der Waals surface area contributed by atoms with E-state index in [2.05, 4.69) is 65.6 Å². The molecule has 1 heterocycles. The van der Waals surface area contributed by atoms with Gasteiger partial charge in [0.1, 0.15) is 0 Å². The second kappa shape index (κ2) is 7.39. The highest BCUT2D eigenvalue weighted by Gasteiger charge is 2.22. The lowest BCUT2D eigenvalue weighted by Gasteiger charge is -2.35. The summed E-state index contributed by atoms with van der Waals surface area (Å²) in [6.45, 7) is 3.87. The van der Waals surface area contributed by atoms with Gasteiger partial charge in [-0.1, -0.05) is 60.7 Å². The number of nitrogens with zero attached hydrogens (tertiary/aromatic N) is 1. The predicted molar refractivity (Wildman–Crippen MR) is 86.5 cm³/mol. The van der Waals surface area contributed by atoms with Gasteiger partial charge in [0, 0.05) is 19.1 Å². The maximum absolute atomic E-state index is 5.69. The maximum Gasteiger partial charge on any atom is 0.0625 e. The van der Waals surface area contributed by atoms with Crippen molar-refractivity contribution in [3.8, 4) is 0 Å². The van der Waals surface area contributed by atoms with Gasteiger partial charge >= 0.3 is 0 Å². The first kappa shape index (κ1) is 14.3. The van der Waals surface area contributed by atoms with E-state index in [-0.39, 0.29) is 0 Å². The van der Waals surface area contributed by atoms with Crippen LogP contribution in [0.3, 0.4) is 0 Å². The van der Waals surface area contributed by atoms with E-state index in [1.54, 1.807) is 0 Å². The fourth-order valence-electron chi connectivity index (χ4n) is 2.98. The highest BCUT2D eigenvalue weighted by atomic mass is 16.5. The first-order valence-corrected chi connectivity index (χ1v) is 7.81. The van der Waals surface area contributed by atoms with Crippen molar-refractivity contribution in [2.75, 3.05) is 26.3 Å². The SMILES string of the molecule is c1ccc(CCN2CCOCC2Cc2ccccc2)cc1. The summed E-state index contributed by atoms with van der Waals surface area (Å²) in [4.78, 5) is 2.59. The van der Waals surface area contributed by atoms with Crippen LogP contribution in [-0.2, 0) is 17.6 Å². The average molecular weight is 281 g/mol. The van der Waals surface area contributed by atoms with Crippen molar-refractivity contribution < 1.29 is 4.74 Å². The number of hydrogen-bond donors (Lipinski definition) is 0. The molecule has 0 amide bonds. The Hall–Kier alpha value is -1.64. The number of morpholine rings is 1. The predicted octanol–water partition coefficient (Wildman–Crippen LogP) is 3.17. The number of hydrogen-bond acceptors (Lipinski definition) is 2. The van der Waals surface area contributed by atoms with Crippen molar-refractivity contribution in [1.29, 1.82) is 0 Å². The second-order valence-corrected chi connectivity index (χ2v) is 5.69. The molecule has 0 aliphatic carbocycles. The first-order chi connectivity index (χ1) is 10.4. The molecular weight excluding hydrogens is 258 g/mol. The molecule has 3 rings (SSSR count). The minimum atomic E-state index is 0.505. The highest BCUT2D eigenvalue weighted by molar-refractivity contribution is 5.17. The molecule has 1 saturated heterocycles. The lowest BCUT2D eigenvalue weighted by Crippen LogP contribution is -2.47. The third kappa shape index (κ3) is 4.16. The van der Waals surface area contributed by atoms with Crippen LogP contribution in [0.4, 0.5) is 0 Å².